The molecule has 1 aromatic heterocycles. The Balaban J connectivity index is 1.51. The molecule has 1 unspecified atom stereocenters. The van der Waals surface area contributed by atoms with E-state index in [2.05, 4.69) is 25.8 Å². The molecule has 0 radical (unpaired) electrons. The maximum Gasteiger partial charge on any atom is 0.267 e. The molecule has 1 N–H and O–H groups in total. The minimum Gasteiger partial charge on any atom is -0.378 e. The first-order valence-electron chi connectivity index (χ1n) is 7.51. The Labute approximate surface area is 128 Å². The van der Waals surface area contributed by atoms with Gasteiger partial charge in [-0.2, -0.15) is 0 Å². The van der Waals surface area contributed by atoms with Gasteiger partial charge < -0.3 is 14.6 Å². The average Bonchev–Trinajstić information content (AvgIpc) is 3.22. The van der Waals surface area contributed by atoms with Gasteiger partial charge in [0, 0.05) is 29.9 Å². The summed E-state index contributed by atoms with van der Waals surface area (Å²) in [5.74, 6) is 0.0263. The van der Waals surface area contributed by atoms with Gasteiger partial charge in [0.15, 0.2) is 0 Å². The Morgan fingerprint density at radius 1 is 1.40 bits per heavy atom. The van der Waals surface area contributed by atoms with Crippen LogP contribution in [0.4, 0.5) is 0 Å². The van der Waals surface area contributed by atoms with Crippen molar-refractivity contribution in [3.8, 4) is 0 Å². The highest BCUT2D eigenvalue weighted by Gasteiger charge is 2.27. The van der Waals surface area contributed by atoms with Crippen molar-refractivity contribution in [2.45, 2.75) is 50.7 Å². The summed E-state index contributed by atoms with van der Waals surface area (Å²) >= 11 is 3.46. The Bertz CT molecular complexity index is 476. The van der Waals surface area contributed by atoms with E-state index in [0.29, 0.717) is 18.7 Å². The maximum absolute atomic E-state index is 12.3. The molecule has 2 heterocycles. The largest absolute Gasteiger partial charge is 0.378 e. The quantitative estimate of drug-likeness (QED) is 0.893. The van der Waals surface area contributed by atoms with Crippen molar-refractivity contribution >= 4 is 21.8 Å². The highest BCUT2D eigenvalue weighted by molar-refractivity contribution is 9.10. The van der Waals surface area contributed by atoms with Gasteiger partial charge in [0.25, 0.3) is 5.91 Å². The molecule has 1 aliphatic heterocycles. The van der Waals surface area contributed by atoms with Gasteiger partial charge in [-0.05, 0) is 60.5 Å². The highest BCUT2D eigenvalue weighted by atomic mass is 79.9. The Hall–Kier alpha value is -0.810. The molecule has 1 aliphatic carbocycles. The van der Waals surface area contributed by atoms with E-state index in [4.69, 9.17) is 4.74 Å². The van der Waals surface area contributed by atoms with Crippen LogP contribution >= 0.6 is 15.9 Å². The summed E-state index contributed by atoms with van der Waals surface area (Å²) in [6.07, 6.45) is 9.15. The van der Waals surface area contributed by atoms with Gasteiger partial charge in [0.2, 0.25) is 0 Å². The van der Waals surface area contributed by atoms with Crippen molar-refractivity contribution in [3.63, 3.8) is 0 Å². The van der Waals surface area contributed by atoms with Crippen molar-refractivity contribution in [2.24, 2.45) is 0 Å². The molecule has 4 nitrogen and oxygen atoms in total. The van der Waals surface area contributed by atoms with E-state index in [9.17, 15) is 4.79 Å². The van der Waals surface area contributed by atoms with Gasteiger partial charge in [-0.15, -0.1) is 0 Å². The number of carbonyl (C=O) groups excluding carboxylic acids is 1. The van der Waals surface area contributed by atoms with Gasteiger partial charge in [-0.1, -0.05) is 0 Å². The van der Waals surface area contributed by atoms with Crippen LogP contribution in [0, 0.1) is 0 Å². The minimum atomic E-state index is 0.0263. The number of amides is 1. The van der Waals surface area contributed by atoms with Gasteiger partial charge in [-0.25, -0.2) is 0 Å². The van der Waals surface area contributed by atoms with Crippen molar-refractivity contribution < 1.29 is 9.53 Å². The van der Waals surface area contributed by atoms with Crippen molar-refractivity contribution in [3.05, 3.63) is 22.4 Å². The minimum absolute atomic E-state index is 0.0263. The van der Waals surface area contributed by atoms with Crippen LogP contribution in [0.15, 0.2) is 16.7 Å². The van der Waals surface area contributed by atoms with Crippen LogP contribution in [-0.4, -0.2) is 29.7 Å². The molecule has 1 saturated heterocycles. The number of hydrogen-bond acceptors (Lipinski definition) is 2. The molecule has 110 valence electrons. The maximum atomic E-state index is 12.3. The molecular weight excluding hydrogens is 320 g/mol. The first-order valence-corrected chi connectivity index (χ1v) is 8.30. The molecule has 1 atom stereocenters. The van der Waals surface area contributed by atoms with E-state index < -0.39 is 0 Å². The second-order valence-electron chi connectivity index (χ2n) is 5.72. The van der Waals surface area contributed by atoms with Gasteiger partial charge in [-0.3, -0.25) is 4.79 Å². The molecule has 2 fully saturated rings. The summed E-state index contributed by atoms with van der Waals surface area (Å²) in [6.45, 7) is 1.56. The number of aromatic nitrogens is 1. The molecule has 1 aromatic rings. The van der Waals surface area contributed by atoms with Crippen molar-refractivity contribution in [1.82, 2.24) is 9.88 Å². The fourth-order valence-electron chi connectivity index (χ4n) is 2.75. The van der Waals surface area contributed by atoms with Crippen LogP contribution in [0.25, 0.3) is 0 Å². The lowest BCUT2D eigenvalue weighted by atomic mass is 10.1. The van der Waals surface area contributed by atoms with Crippen molar-refractivity contribution in [2.75, 3.05) is 13.2 Å². The van der Waals surface area contributed by atoms with E-state index in [1.54, 1.807) is 0 Å². The number of nitrogens with zero attached hydrogens (tertiary/aromatic N) is 1. The lowest BCUT2D eigenvalue weighted by Gasteiger charge is -2.22. The zero-order valence-corrected chi connectivity index (χ0v) is 13.2. The van der Waals surface area contributed by atoms with Crippen molar-refractivity contribution in [1.29, 1.82) is 0 Å². The number of ether oxygens (including phenoxy) is 1. The van der Waals surface area contributed by atoms with Crippen LogP contribution in [0.1, 0.15) is 55.1 Å². The molecule has 20 heavy (non-hydrogen) atoms. The second kappa shape index (κ2) is 6.31. The SMILES string of the molecule is O=C(NCCC1CCCCO1)c1cc(Br)cn1C1CC1. The topological polar surface area (TPSA) is 43.3 Å². The summed E-state index contributed by atoms with van der Waals surface area (Å²) in [5, 5.41) is 3.02. The zero-order chi connectivity index (χ0) is 13.9. The summed E-state index contributed by atoms with van der Waals surface area (Å²) in [4.78, 5) is 12.3. The zero-order valence-electron chi connectivity index (χ0n) is 11.6. The summed E-state index contributed by atoms with van der Waals surface area (Å²) in [6, 6.07) is 2.42. The Morgan fingerprint density at radius 2 is 2.25 bits per heavy atom. The first kappa shape index (κ1) is 14.1. The van der Waals surface area contributed by atoms with Crippen LogP contribution in [0.5, 0.6) is 0 Å². The molecule has 5 heteroatoms. The first-order chi connectivity index (χ1) is 9.74. The normalized spacial score (nSPS) is 22.8. The van der Waals surface area contributed by atoms with Gasteiger partial charge >= 0.3 is 0 Å². The molecule has 3 rings (SSSR count). The van der Waals surface area contributed by atoms with E-state index in [1.807, 2.05) is 12.3 Å². The third-order valence-corrected chi connectivity index (χ3v) is 4.45. The average molecular weight is 341 g/mol. The molecule has 1 saturated carbocycles. The Kier molecular flexibility index (Phi) is 4.46. The summed E-state index contributed by atoms with van der Waals surface area (Å²) in [5.41, 5.74) is 0.768. The lowest BCUT2D eigenvalue weighted by Crippen LogP contribution is -2.30. The fraction of sp³-hybridized carbons (Fsp3) is 0.667. The van der Waals surface area contributed by atoms with Crippen LogP contribution in [0.2, 0.25) is 0 Å². The molecule has 1 amide bonds. The number of nitrogens with one attached hydrogen (secondary N) is 1. The van der Waals surface area contributed by atoms with Crippen LogP contribution in [-0.2, 0) is 4.74 Å². The fourth-order valence-corrected chi connectivity index (χ4v) is 3.19. The van der Waals surface area contributed by atoms with E-state index >= 15 is 0 Å². The Morgan fingerprint density at radius 3 is 2.95 bits per heavy atom. The van der Waals surface area contributed by atoms with E-state index in [-0.39, 0.29) is 5.91 Å². The smallest absolute Gasteiger partial charge is 0.267 e. The van der Waals surface area contributed by atoms with Crippen LogP contribution in [0.3, 0.4) is 0 Å². The molecule has 0 bridgehead atoms. The molecular formula is C15H21BrN2O2. The highest BCUT2D eigenvalue weighted by Crippen LogP contribution is 2.37. The van der Waals surface area contributed by atoms with E-state index in [1.165, 1.54) is 25.7 Å². The van der Waals surface area contributed by atoms with E-state index in [0.717, 1.165) is 29.6 Å². The monoisotopic (exact) mass is 340 g/mol. The summed E-state index contributed by atoms with van der Waals surface area (Å²) < 4.78 is 8.75. The third-order valence-electron chi connectivity index (χ3n) is 4.01. The summed E-state index contributed by atoms with van der Waals surface area (Å²) in [7, 11) is 0. The molecule has 0 aromatic carbocycles. The molecule has 2 aliphatic rings. The second-order valence-corrected chi connectivity index (χ2v) is 6.63. The van der Waals surface area contributed by atoms with Crippen LogP contribution < -0.4 is 5.32 Å². The van der Waals surface area contributed by atoms with Gasteiger partial charge in [0.05, 0.1) is 6.10 Å². The number of rotatable bonds is 5. The lowest BCUT2D eigenvalue weighted by molar-refractivity contribution is 0.0117. The third kappa shape index (κ3) is 3.44. The predicted octanol–water partition coefficient (Wildman–Crippen LogP) is 3.27. The number of halogens is 1. The standard InChI is InChI=1S/C15H21BrN2O2/c16-11-9-14(18(10-11)12-4-5-12)15(19)17-7-6-13-3-1-2-8-20-13/h9-10,12-13H,1-8H2,(H,17,19). The number of hydrogen-bond donors (Lipinski definition) is 1. The predicted molar refractivity (Wildman–Crippen MR) is 80.9 cm³/mol. The molecule has 0 spiro atoms. The van der Waals surface area contributed by atoms with Gasteiger partial charge in [0.1, 0.15) is 5.69 Å². The number of carbonyl (C=O) groups is 1.